The summed E-state index contributed by atoms with van der Waals surface area (Å²) in [5.41, 5.74) is 5.80. The number of nitrogens with one attached hydrogen (secondary N) is 1. The van der Waals surface area contributed by atoms with Crippen molar-refractivity contribution < 1.29 is 9.59 Å². The number of rotatable bonds is 5. The normalized spacial score (nSPS) is 26.1. The van der Waals surface area contributed by atoms with Crippen molar-refractivity contribution in [2.45, 2.75) is 25.8 Å². The molecule has 0 bridgehead atoms. The average molecular weight is 294 g/mol. The first kappa shape index (κ1) is 16.0. The Bertz CT molecular complexity index is 402. The Balaban J connectivity index is 1.72. The minimum Gasteiger partial charge on any atom is -0.355 e. The highest BCUT2D eigenvalue weighted by atomic mass is 16.2. The lowest BCUT2D eigenvalue weighted by molar-refractivity contribution is -0.136. The lowest BCUT2D eigenvalue weighted by atomic mass is 10.1. The Kier molecular flexibility index (Phi) is 5.76. The summed E-state index contributed by atoms with van der Waals surface area (Å²) in [7, 11) is 0. The second kappa shape index (κ2) is 7.56. The van der Waals surface area contributed by atoms with Gasteiger partial charge in [-0.1, -0.05) is 19.1 Å². The second-order valence-electron chi connectivity index (χ2n) is 5.84. The fourth-order valence-corrected chi connectivity index (χ4v) is 2.79. The molecule has 2 unspecified atom stereocenters. The van der Waals surface area contributed by atoms with E-state index in [1.54, 1.807) is 0 Å². The van der Waals surface area contributed by atoms with Crippen LogP contribution in [0.4, 0.5) is 0 Å². The van der Waals surface area contributed by atoms with Crippen LogP contribution in [0.5, 0.6) is 0 Å². The van der Waals surface area contributed by atoms with E-state index in [9.17, 15) is 9.59 Å². The molecule has 21 heavy (non-hydrogen) atoms. The molecule has 0 spiro atoms. The SMILES string of the molecule is CCCNC(=O)CN1CCN(C(=O)C2C=CC(N)C2)CC1. The predicted molar refractivity (Wildman–Crippen MR) is 81.5 cm³/mol. The first-order chi connectivity index (χ1) is 10.1. The molecule has 0 aromatic rings. The van der Waals surface area contributed by atoms with Gasteiger partial charge in [0.25, 0.3) is 0 Å². The van der Waals surface area contributed by atoms with E-state index < -0.39 is 0 Å². The van der Waals surface area contributed by atoms with Crippen molar-refractivity contribution in [1.29, 1.82) is 0 Å². The largest absolute Gasteiger partial charge is 0.355 e. The Labute approximate surface area is 126 Å². The molecule has 6 nitrogen and oxygen atoms in total. The predicted octanol–water partition coefficient (Wildman–Crippen LogP) is -0.440. The molecule has 1 heterocycles. The summed E-state index contributed by atoms with van der Waals surface area (Å²) >= 11 is 0. The number of nitrogens with zero attached hydrogens (tertiary/aromatic N) is 2. The summed E-state index contributed by atoms with van der Waals surface area (Å²) in [5, 5.41) is 2.88. The van der Waals surface area contributed by atoms with Crippen LogP contribution in [0, 0.1) is 5.92 Å². The second-order valence-corrected chi connectivity index (χ2v) is 5.84. The molecule has 1 aliphatic carbocycles. The third-order valence-corrected chi connectivity index (χ3v) is 4.06. The van der Waals surface area contributed by atoms with E-state index in [0.29, 0.717) is 19.6 Å². The van der Waals surface area contributed by atoms with Crippen molar-refractivity contribution in [3.8, 4) is 0 Å². The maximum absolute atomic E-state index is 12.3. The quantitative estimate of drug-likeness (QED) is 0.674. The van der Waals surface area contributed by atoms with Crippen molar-refractivity contribution in [3.63, 3.8) is 0 Å². The van der Waals surface area contributed by atoms with Gasteiger partial charge in [0.1, 0.15) is 0 Å². The standard InChI is InChI=1S/C15H26N4O2/c1-2-5-17-14(20)11-18-6-8-19(9-7-18)15(21)12-3-4-13(16)10-12/h3-4,12-13H,2,5-11,16H2,1H3,(H,17,20). The summed E-state index contributed by atoms with van der Waals surface area (Å²) in [6.07, 6.45) is 5.51. The molecule has 1 saturated heterocycles. The van der Waals surface area contributed by atoms with Crippen molar-refractivity contribution >= 4 is 11.8 Å². The lowest BCUT2D eigenvalue weighted by Crippen LogP contribution is -2.52. The van der Waals surface area contributed by atoms with Gasteiger partial charge in [0.05, 0.1) is 12.5 Å². The fourth-order valence-electron chi connectivity index (χ4n) is 2.79. The molecule has 0 saturated carbocycles. The highest BCUT2D eigenvalue weighted by Gasteiger charge is 2.29. The number of amides is 2. The van der Waals surface area contributed by atoms with Gasteiger partial charge in [-0.05, 0) is 12.8 Å². The Morgan fingerprint density at radius 2 is 1.95 bits per heavy atom. The van der Waals surface area contributed by atoms with Crippen LogP contribution in [0.3, 0.4) is 0 Å². The zero-order valence-corrected chi connectivity index (χ0v) is 12.8. The van der Waals surface area contributed by atoms with Gasteiger partial charge in [0.2, 0.25) is 11.8 Å². The van der Waals surface area contributed by atoms with E-state index in [-0.39, 0.29) is 23.8 Å². The van der Waals surface area contributed by atoms with Crippen LogP contribution < -0.4 is 11.1 Å². The number of piperazine rings is 1. The molecule has 2 aliphatic rings. The van der Waals surface area contributed by atoms with E-state index in [1.165, 1.54) is 0 Å². The highest BCUT2D eigenvalue weighted by molar-refractivity contribution is 5.81. The Morgan fingerprint density at radius 3 is 2.52 bits per heavy atom. The number of carbonyl (C=O) groups is 2. The zero-order chi connectivity index (χ0) is 15.2. The number of hydrogen-bond acceptors (Lipinski definition) is 4. The molecule has 0 radical (unpaired) electrons. The topological polar surface area (TPSA) is 78.7 Å². The van der Waals surface area contributed by atoms with Crippen LogP contribution in [-0.4, -0.2) is 66.9 Å². The molecular formula is C15H26N4O2. The Morgan fingerprint density at radius 1 is 1.24 bits per heavy atom. The summed E-state index contributed by atoms with van der Waals surface area (Å²) in [4.78, 5) is 28.0. The van der Waals surface area contributed by atoms with Gasteiger partial charge in [-0.3, -0.25) is 14.5 Å². The molecule has 0 aromatic carbocycles. The summed E-state index contributed by atoms with van der Waals surface area (Å²) in [6.45, 7) is 6.09. The first-order valence-electron chi connectivity index (χ1n) is 7.82. The maximum Gasteiger partial charge on any atom is 0.234 e. The monoisotopic (exact) mass is 294 g/mol. The average Bonchev–Trinajstić information content (AvgIpc) is 2.92. The lowest BCUT2D eigenvalue weighted by Gasteiger charge is -2.35. The third kappa shape index (κ3) is 4.54. The smallest absolute Gasteiger partial charge is 0.234 e. The van der Waals surface area contributed by atoms with Crippen molar-refractivity contribution in [2.75, 3.05) is 39.3 Å². The number of carbonyl (C=O) groups excluding carboxylic acids is 2. The molecule has 2 atom stereocenters. The zero-order valence-electron chi connectivity index (χ0n) is 12.8. The van der Waals surface area contributed by atoms with Gasteiger partial charge in [0, 0.05) is 38.8 Å². The Hall–Kier alpha value is -1.40. The van der Waals surface area contributed by atoms with E-state index >= 15 is 0 Å². The van der Waals surface area contributed by atoms with Gasteiger partial charge in [-0.25, -0.2) is 0 Å². The van der Waals surface area contributed by atoms with E-state index in [0.717, 1.165) is 32.5 Å². The summed E-state index contributed by atoms with van der Waals surface area (Å²) in [6, 6.07) is 0.0162. The molecule has 0 aromatic heterocycles. The minimum absolute atomic E-state index is 0.0162. The molecule has 2 rings (SSSR count). The van der Waals surface area contributed by atoms with Gasteiger partial charge in [-0.2, -0.15) is 0 Å². The minimum atomic E-state index is -0.0561. The molecule has 3 N–H and O–H groups in total. The summed E-state index contributed by atoms with van der Waals surface area (Å²) < 4.78 is 0. The molecule has 2 amide bonds. The van der Waals surface area contributed by atoms with Crippen molar-refractivity contribution in [1.82, 2.24) is 15.1 Å². The van der Waals surface area contributed by atoms with Gasteiger partial charge < -0.3 is 16.0 Å². The van der Waals surface area contributed by atoms with Crippen molar-refractivity contribution in [2.24, 2.45) is 11.7 Å². The van der Waals surface area contributed by atoms with Crippen LogP contribution in [0.2, 0.25) is 0 Å². The van der Waals surface area contributed by atoms with E-state index in [4.69, 9.17) is 5.73 Å². The molecular weight excluding hydrogens is 268 g/mol. The third-order valence-electron chi connectivity index (χ3n) is 4.06. The molecule has 1 aliphatic heterocycles. The number of nitrogens with two attached hydrogens (primary N) is 1. The van der Waals surface area contributed by atoms with E-state index in [2.05, 4.69) is 10.2 Å². The van der Waals surface area contributed by atoms with Crippen LogP contribution in [0.25, 0.3) is 0 Å². The van der Waals surface area contributed by atoms with E-state index in [1.807, 2.05) is 24.0 Å². The summed E-state index contributed by atoms with van der Waals surface area (Å²) in [5.74, 6) is 0.190. The molecule has 6 heteroatoms. The van der Waals surface area contributed by atoms with Crippen LogP contribution in [0.1, 0.15) is 19.8 Å². The van der Waals surface area contributed by atoms with Crippen molar-refractivity contribution in [3.05, 3.63) is 12.2 Å². The molecule has 1 fully saturated rings. The van der Waals surface area contributed by atoms with Crippen LogP contribution in [0.15, 0.2) is 12.2 Å². The first-order valence-corrected chi connectivity index (χ1v) is 7.82. The van der Waals surface area contributed by atoms with Gasteiger partial charge in [0.15, 0.2) is 0 Å². The van der Waals surface area contributed by atoms with Gasteiger partial charge >= 0.3 is 0 Å². The number of hydrogen-bond donors (Lipinski definition) is 2. The fraction of sp³-hybridized carbons (Fsp3) is 0.733. The highest BCUT2D eigenvalue weighted by Crippen LogP contribution is 2.19. The van der Waals surface area contributed by atoms with Crippen LogP contribution >= 0.6 is 0 Å². The molecule has 118 valence electrons. The van der Waals surface area contributed by atoms with Crippen LogP contribution in [-0.2, 0) is 9.59 Å². The van der Waals surface area contributed by atoms with Gasteiger partial charge in [-0.15, -0.1) is 0 Å². The maximum atomic E-state index is 12.3.